The van der Waals surface area contributed by atoms with E-state index in [-0.39, 0.29) is 0 Å². The molecule has 11 aromatic rings. The quantitative estimate of drug-likeness (QED) is 0.166. The number of hydrogen-bond donors (Lipinski definition) is 0. The average molecular weight is 718 g/mol. The highest BCUT2D eigenvalue weighted by Crippen LogP contribution is 2.43. The molecule has 0 saturated heterocycles. The molecule has 0 radical (unpaired) electrons. The molecule has 0 fully saturated rings. The molecule has 0 N–H and O–H groups in total. The van der Waals surface area contributed by atoms with E-state index >= 15 is 0 Å². The summed E-state index contributed by atoms with van der Waals surface area (Å²) in [6.45, 7) is 0. The predicted octanol–water partition coefficient (Wildman–Crippen LogP) is 14.0. The van der Waals surface area contributed by atoms with E-state index in [1.165, 1.54) is 58.1 Å². The zero-order valence-corrected chi connectivity index (χ0v) is 30.5. The van der Waals surface area contributed by atoms with E-state index in [4.69, 9.17) is 15.0 Å². The highest BCUT2D eigenvalue weighted by Gasteiger charge is 2.16. The second-order valence-electron chi connectivity index (χ2n) is 14.0. The fourth-order valence-corrected chi connectivity index (χ4v) is 9.09. The highest BCUT2D eigenvalue weighted by atomic mass is 32.1. The third kappa shape index (κ3) is 5.46. The summed E-state index contributed by atoms with van der Waals surface area (Å²) in [6.07, 6.45) is 0. The third-order valence-electron chi connectivity index (χ3n) is 10.7. The Labute approximate surface area is 321 Å². The maximum absolute atomic E-state index is 5.07. The first-order chi connectivity index (χ1) is 27.2. The molecule has 3 nitrogen and oxygen atoms in total. The van der Waals surface area contributed by atoms with Crippen molar-refractivity contribution >= 4 is 63.8 Å². The Bertz CT molecular complexity index is 3240. The number of nitrogens with zero attached hydrogens (tertiary/aromatic N) is 3. The van der Waals surface area contributed by atoms with Crippen molar-refractivity contribution in [1.82, 2.24) is 15.0 Å². The number of fused-ring (bicyclic) bond motifs is 9. The fraction of sp³-hybridized carbons (Fsp3) is 0. The number of hydrogen-bond acceptors (Lipinski definition) is 4. The fourth-order valence-electron chi connectivity index (χ4n) is 7.98. The lowest BCUT2D eigenvalue weighted by Crippen LogP contribution is -2.00. The standard InChI is InChI=1S/C51H31N3S/c1-3-12-32(13-4-1)33-22-24-35(25-23-33)50-52-49(34-14-5-2-6-15-34)53-51(54-50)38-17-11-16-36(28-38)37-26-27-47-45(29-37)46-30-43-41-20-9-7-18-39(41)40-19-8-10-21-42(40)44(43)31-48(46)55-47/h1-31H. The van der Waals surface area contributed by atoms with E-state index < -0.39 is 0 Å². The van der Waals surface area contributed by atoms with Gasteiger partial charge in [0.05, 0.1) is 0 Å². The van der Waals surface area contributed by atoms with Crippen molar-refractivity contribution in [3.8, 4) is 56.4 Å². The smallest absolute Gasteiger partial charge is 0.164 e. The third-order valence-corrected chi connectivity index (χ3v) is 11.8. The van der Waals surface area contributed by atoms with E-state index in [9.17, 15) is 0 Å². The molecule has 0 unspecified atom stereocenters. The van der Waals surface area contributed by atoms with Crippen LogP contribution in [0.15, 0.2) is 188 Å². The minimum Gasteiger partial charge on any atom is -0.208 e. The second-order valence-corrected chi connectivity index (χ2v) is 15.1. The Morgan fingerprint density at radius 1 is 0.236 bits per heavy atom. The van der Waals surface area contributed by atoms with Crippen LogP contribution in [0.2, 0.25) is 0 Å². The molecule has 2 aromatic heterocycles. The van der Waals surface area contributed by atoms with Gasteiger partial charge < -0.3 is 0 Å². The topological polar surface area (TPSA) is 38.7 Å². The molecule has 0 aliphatic heterocycles. The molecule has 0 saturated carbocycles. The summed E-state index contributed by atoms with van der Waals surface area (Å²) >= 11 is 1.87. The van der Waals surface area contributed by atoms with Gasteiger partial charge in [-0.1, -0.05) is 158 Å². The van der Waals surface area contributed by atoms with Crippen molar-refractivity contribution in [3.63, 3.8) is 0 Å². The van der Waals surface area contributed by atoms with Gasteiger partial charge in [0.2, 0.25) is 0 Å². The molecule has 0 aliphatic carbocycles. The normalized spacial score (nSPS) is 11.6. The molecule has 256 valence electrons. The van der Waals surface area contributed by atoms with E-state index in [0.29, 0.717) is 17.5 Å². The molecule has 55 heavy (non-hydrogen) atoms. The van der Waals surface area contributed by atoms with Gasteiger partial charge in [0.15, 0.2) is 17.5 Å². The van der Waals surface area contributed by atoms with Crippen LogP contribution in [-0.4, -0.2) is 15.0 Å². The lowest BCUT2D eigenvalue weighted by atomic mass is 9.93. The highest BCUT2D eigenvalue weighted by molar-refractivity contribution is 7.25. The lowest BCUT2D eigenvalue weighted by molar-refractivity contribution is 1.07. The van der Waals surface area contributed by atoms with Crippen molar-refractivity contribution in [1.29, 1.82) is 0 Å². The summed E-state index contributed by atoms with van der Waals surface area (Å²) < 4.78 is 2.59. The van der Waals surface area contributed by atoms with Crippen molar-refractivity contribution in [3.05, 3.63) is 188 Å². The van der Waals surface area contributed by atoms with Gasteiger partial charge in [-0.2, -0.15) is 0 Å². The maximum atomic E-state index is 5.07. The minimum atomic E-state index is 0.644. The Morgan fingerprint density at radius 2 is 0.655 bits per heavy atom. The molecular weight excluding hydrogens is 687 g/mol. The van der Waals surface area contributed by atoms with Crippen LogP contribution in [0.25, 0.3) is 109 Å². The van der Waals surface area contributed by atoms with Crippen molar-refractivity contribution in [2.75, 3.05) is 0 Å². The van der Waals surface area contributed by atoms with E-state index in [1.54, 1.807) is 0 Å². The Hall–Kier alpha value is -7.01. The van der Waals surface area contributed by atoms with Gasteiger partial charge in [-0.25, -0.2) is 15.0 Å². The number of rotatable bonds is 5. The number of benzene rings is 9. The summed E-state index contributed by atoms with van der Waals surface area (Å²) in [6, 6.07) is 66.9. The monoisotopic (exact) mass is 717 g/mol. The summed E-state index contributed by atoms with van der Waals surface area (Å²) in [4.78, 5) is 15.1. The van der Waals surface area contributed by atoms with Crippen molar-refractivity contribution in [2.45, 2.75) is 0 Å². The van der Waals surface area contributed by atoms with Crippen molar-refractivity contribution < 1.29 is 0 Å². The van der Waals surface area contributed by atoms with Gasteiger partial charge in [0.25, 0.3) is 0 Å². The lowest BCUT2D eigenvalue weighted by Gasteiger charge is -2.11. The van der Waals surface area contributed by atoms with Crippen LogP contribution >= 0.6 is 11.3 Å². The van der Waals surface area contributed by atoms with E-state index in [2.05, 4.69) is 152 Å². The van der Waals surface area contributed by atoms with Crippen LogP contribution < -0.4 is 0 Å². The van der Waals surface area contributed by atoms with Gasteiger partial charge in [-0.15, -0.1) is 11.3 Å². The zero-order chi connectivity index (χ0) is 36.3. The molecule has 0 aliphatic rings. The van der Waals surface area contributed by atoms with Crippen LogP contribution in [-0.2, 0) is 0 Å². The maximum Gasteiger partial charge on any atom is 0.164 e. The first-order valence-electron chi connectivity index (χ1n) is 18.5. The molecule has 0 bridgehead atoms. The summed E-state index contributed by atoms with van der Waals surface area (Å²) in [5.74, 6) is 1.94. The molecule has 0 atom stereocenters. The summed E-state index contributed by atoms with van der Waals surface area (Å²) in [5.41, 5.74) is 7.44. The van der Waals surface area contributed by atoms with Gasteiger partial charge in [-0.05, 0) is 84.9 Å². The van der Waals surface area contributed by atoms with Crippen LogP contribution in [0.4, 0.5) is 0 Å². The Morgan fingerprint density at radius 3 is 1.31 bits per heavy atom. The number of aromatic nitrogens is 3. The second kappa shape index (κ2) is 12.8. The molecule has 11 rings (SSSR count). The van der Waals surface area contributed by atoms with Crippen LogP contribution in [0.1, 0.15) is 0 Å². The molecule has 0 amide bonds. The minimum absolute atomic E-state index is 0.644. The van der Waals surface area contributed by atoms with Crippen LogP contribution in [0, 0.1) is 0 Å². The van der Waals surface area contributed by atoms with Crippen LogP contribution in [0.3, 0.4) is 0 Å². The van der Waals surface area contributed by atoms with E-state index in [0.717, 1.165) is 33.4 Å². The Balaban J connectivity index is 1.03. The molecule has 0 spiro atoms. The summed E-state index contributed by atoms with van der Waals surface area (Å²) in [7, 11) is 0. The first-order valence-corrected chi connectivity index (χ1v) is 19.3. The number of thiophene rings is 1. The van der Waals surface area contributed by atoms with Crippen molar-refractivity contribution in [2.24, 2.45) is 0 Å². The van der Waals surface area contributed by atoms with Crippen LogP contribution in [0.5, 0.6) is 0 Å². The first kappa shape index (κ1) is 31.5. The zero-order valence-electron chi connectivity index (χ0n) is 29.6. The van der Waals surface area contributed by atoms with E-state index in [1.807, 2.05) is 47.7 Å². The van der Waals surface area contributed by atoms with Gasteiger partial charge in [0, 0.05) is 36.9 Å². The largest absolute Gasteiger partial charge is 0.208 e. The van der Waals surface area contributed by atoms with Gasteiger partial charge in [-0.3, -0.25) is 0 Å². The average Bonchev–Trinajstić information content (AvgIpc) is 3.63. The SMILES string of the molecule is c1ccc(-c2ccc(-c3nc(-c4ccccc4)nc(-c4cccc(-c5ccc6sc7cc8c9ccccc9c9ccccc9c8cc7c6c5)c4)n3)cc2)cc1. The summed E-state index contributed by atoms with van der Waals surface area (Å²) in [5, 5.41) is 10.4. The molecular formula is C51H31N3S. The predicted molar refractivity (Wildman–Crippen MR) is 232 cm³/mol. The molecule has 4 heteroatoms. The molecule has 9 aromatic carbocycles. The van der Waals surface area contributed by atoms with Gasteiger partial charge in [0.1, 0.15) is 0 Å². The Kier molecular flexibility index (Phi) is 7.35. The molecule has 2 heterocycles. The van der Waals surface area contributed by atoms with Gasteiger partial charge >= 0.3 is 0 Å².